The van der Waals surface area contributed by atoms with Gasteiger partial charge in [-0.1, -0.05) is 17.4 Å². The molecule has 1 aliphatic heterocycles. The van der Waals surface area contributed by atoms with E-state index in [1.807, 2.05) is 6.07 Å². The van der Waals surface area contributed by atoms with E-state index in [1.54, 1.807) is 19.2 Å². The van der Waals surface area contributed by atoms with Crippen LogP contribution < -0.4 is 14.8 Å². The van der Waals surface area contributed by atoms with E-state index in [2.05, 4.69) is 15.5 Å². The lowest BCUT2D eigenvalue weighted by atomic mass is 9.96. The first-order chi connectivity index (χ1) is 11.1. The highest BCUT2D eigenvalue weighted by atomic mass is 32.1. The molecule has 0 saturated carbocycles. The molecule has 2 aromatic rings. The van der Waals surface area contributed by atoms with Gasteiger partial charge < -0.3 is 14.8 Å². The van der Waals surface area contributed by atoms with Crippen LogP contribution in [0, 0.1) is 5.92 Å². The molecule has 6 nitrogen and oxygen atoms in total. The molecule has 2 heterocycles. The maximum Gasteiger partial charge on any atom is 0.291 e. The molecule has 1 aromatic carbocycles. The van der Waals surface area contributed by atoms with Crippen molar-refractivity contribution in [1.29, 1.82) is 0 Å². The van der Waals surface area contributed by atoms with Crippen LogP contribution in [0.3, 0.4) is 0 Å². The van der Waals surface area contributed by atoms with Crippen molar-refractivity contribution < 1.29 is 23.0 Å². The number of nitrogens with zero attached hydrogens (tertiary/aromatic N) is 2. The minimum atomic E-state index is -2.70. The van der Waals surface area contributed by atoms with E-state index in [-0.39, 0.29) is 17.6 Å². The number of hydrogen-bond donors (Lipinski definition) is 1. The van der Waals surface area contributed by atoms with Crippen molar-refractivity contribution >= 4 is 22.4 Å². The van der Waals surface area contributed by atoms with Gasteiger partial charge in [-0.15, -0.1) is 10.2 Å². The number of fused-ring (bicyclic) bond motifs is 1. The number of anilines is 1. The van der Waals surface area contributed by atoms with Crippen molar-refractivity contribution in [2.45, 2.75) is 12.8 Å². The third-order valence-corrected chi connectivity index (χ3v) is 4.25. The Hall–Kier alpha value is -2.29. The van der Waals surface area contributed by atoms with Crippen molar-refractivity contribution in [2.75, 3.05) is 19.0 Å². The van der Waals surface area contributed by atoms with Gasteiger partial charge in [-0.25, -0.2) is 8.78 Å². The van der Waals surface area contributed by atoms with Crippen LogP contribution in [0.25, 0.3) is 0 Å². The predicted molar refractivity (Wildman–Crippen MR) is 79.2 cm³/mol. The zero-order chi connectivity index (χ0) is 16.4. The largest absolute Gasteiger partial charge is 0.497 e. The maximum absolute atomic E-state index is 12.5. The van der Waals surface area contributed by atoms with Crippen LogP contribution in [-0.4, -0.2) is 29.8 Å². The molecule has 122 valence electrons. The lowest BCUT2D eigenvalue weighted by Gasteiger charge is -2.24. The number of benzene rings is 1. The van der Waals surface area contributed by atoms with Crippen LogP contribution in [0.5, 0.6) is 11.5 Å². The lowest BCUT2D eigenvalue weighted by molar-refractivity contribution is -0.121. The van der Waals surface area contributed by atoms with Crippen molar-refractivity contribution in [3.8, 4) is 11.5 Å². The van der Waals surface area contributed by atoms with E-state index in [0.29, 0.717) is 29.3 Å². The monoisotopic (exact) mass is 341 g/mol. The number of rotatable bonds is 4. The number of alkyl halides is 2. The smallest absolute Gasteiger partial charge is 0.291 e. The first-order valence-corrected chi connectivity index (χ1v) is 7.60. The predicted octanol–water partition coefficient (Wildman–Crippen LogP) is 2.67. The standard InChI is InChI=1S/C14H13F2N3O3S/c1-21-9-3-2-7-4-8(6-22-10(7)5-9)12(20)17-14-19-18-13(23-14)11(15)16/h2-3,5,8,11H,4,6H2,1H3,(H,17,19,20)/t8-/m1/s1. The van der Waals surface area contributed by atoms with Gasteiger partial charge in [0.05, 0.1) is 13.0 Å². The topological polar surface area (TPSA) is 73.3 Å². The molecular weight excluding hydrogens is 328 g/mol. The van der Waals surface area contributed by atoms with Gasteiger partial charge in [0.15, 0.2) is 5.01 Å². The third-order valence-electron chi connectivity index (χ3n) is 3.41. The van der Waals surface area contributed by atoms with E-state index in [1.165, 1.54) is 0 Å². The zero-order valence-electron chi connectivity index (χ0n) is 12.1. The Morgan fingerprint density at radius 1 is 1.48 bits per heavy atom. The van der Waals surface area contributed by atoms with Crippen LogP contribution in [0.4, 0.5) is 13.9 Å². The van der Waals surface area contributed by atoms with E-state index in [0.717, 1.165) is 5.56 Å². The van der Waals surface area contributed by atoms with E-state index in [9.17, 15) is 13.6 Å². The van der Waals surface area contributed by atoms with Gasteiger partial charge in [-0.3, -0.25) is 4.79 Å². The molecule has 9 heteroatoms. The highest BCUT2D eigenvalue weighted by Crippen LogP contribution is 2.32. The van der Waals surface area contributed by atoms with Gasteiger partial charge in [0.2, 0.25) is 11.0 Å². The summed E-state index contributed by atoms with van der Waals surface area (Å²) in [5.41, 5.74) is 0.891. The molecule has 0 bridgehead atoms. The van der Waals surface area contributed by atoms with Crippen molar-refractivity contribution in [2.24, 2.45) is 5.92 Å². The van der Waals surface area contributed by atoms with Crippen LogP contribution >= 0.6 is 11.3 Å². The second-order valence-corrected chi connectivity index (χ2v) is 5.93. The molecule has 0 fully saturated rings. The van der Waals surface area contributed by atoms with Gasteiger partial charge in [0.1, 0.15) is 18.1 Å². The van der Waals surface area contributed by atoms with Crippen molar-refractivity contribution in [1.82, 2.24) is 10.2 Å². The zero-order valence-corrected chi connectivity index (χ0v) is 12.9. The first kappa shape index (κ1) is 15.6. The quantitative estimate of drug-likeness (QED) is 0.925. The van der Waals surface area contributed by atoms with Crippen LogP contribution in [0.15, 0.2) is 18.2 Å². The van der Waals surface area contributed by atoms with Gasteiger partial charge in [-0.05, 0) is 18.1 Å². The molecule has 3 rings (SSSR count). The van der Waals surface area contributed by atoms with Crippen LogP contribution in [0.2, 0.25) is 0 Å². The minimum Gasteiger partial charge on any atom is -0.497 e. The molecule has 1 amide bonds. The number of hydrogen-bond acceptors (Lipinski definition) is 6. The molecule has 1 aliphatic rings. The number of nitrogens with one attached hydrogen (secondary N) is 1. The number of aromatic nitrogens is 2. The Bertz CT molecular complexity index is 723. The number of halogens is 2. The van der Waals surface area contributed by atoms with Gasteiger partial charge in [0.25, 0.3) is 6.43 Å². The van der Waals surface area contributed by atoms with E-state index < -0.39 is 17.4 Å². The lowest BCUT2D eigenvalue weighted by Crippen LogP contribution is -2.32. The molecule has 0 spiro atoms. The summed E-state index contributed by atoms with van der Waals surface area (Å²) in [7, 11) is 1.57. The summed E-state index contributed by atoms with van der Waals surface area (Å²) in [6.07, 6.45) is -2.20. The summed E-state index contributed by atoms with van der Waals surface area (Å²) in [5, 5.41) is 9.02. The fourth-order valence-electron chi connectivity index (χ4n) is 2.23. The maximum atomic E-state index is 12.5. The van der Waals surface area contributed by atoms with Gasteiger partial charge in [0, 0.05) is 6.07 Å². The molecule has 1 N–H and O–H groups in total. The number of methoxy groups -OCH3 is 1. The minimum absolute atomic E-state index is 0.0610. The van der Waals surface area contributed by atoms with Gasteiger partial charge in [-0.2, -0.15) is 0 Å². The molecular formula is C14H13F2N3O3S. The summed E-state index contributed by atoms with van der Waals surface area (Å²) in [5.74, 6) is 0.613. The average Bonchev–Trinajstić information content (AvgIpc) is 3.02. The van der Waals surface area contributed by atoms with Crippen molar-refractivity contribution in [3.05, 3.63) is 28.8 Å². The molecule has 0 radical (unpaired) electrons. The van der Waals surface area contributed by atoms with Crippen LogP contribution in [0.1, 0.15) is 17.0 Å². The molecule has 0 unspecified atom stereocenters. The molecule has 0 aliphatic carbocycles. The Morgan fingerprint density at radius 3 is 3.00 bits per heavy atom. The highest BCUT2D eigenvalue weighted by Gasteiger charge is 2.27. The van der Waals surface area contributed by atoms with E-state index >= 15 is 0 Å². The molecule has 0 saturated heterocycles. The Morgan fingerprint density at radius 2 is 2.30 bits per heavy atom. The fourth-order valence-corrected chi connectivity index (χ4v) is 2.83. The molecule has 1 atom stereocenters. The Kier molecular flexibility index (Phi) is 4.37. The fraction of sp³-hybridized carbons (Fsp3) is 0.357. The molecule has 1 aromatic heterocycles. The summed E-state index contributed by atoms with van der Waals surface area (Å²) in [4.78, 5) is 12.2. The van der Waals surface area contributed by atoms with Crippen LogP contribution in [-0.2, 0) is 11.2 Å². The van der Waals surface area contributed by atoms with E-state index in [4.69, 9.17) is 9.47 Å². The number of carbonyl (C=O) groups excluding carboxylic acids is 1. The second kappa shape index (κ2) is 6.45. The first-order valence-electron chi connectivity index (χ1n) is 6.79. The average molecular weight is 341 g/mol. The van der Waals surface area contributed by atoms with Gasteiger partial charge >= 0.3 is 0 Å². The number of carbonyl (C=O) groups is 1. The SMILES string of the molecule is COc1ccc2c(c1)OC[C@H](C(=O)Nc1nnc(C(F)F)s1)C2. The third kappa shape index (κ3) is 3.39. The Balaban J connectivity index is 1.66. The normalized spacial score (nSPS) is 16.6. The highest BCUT2D eigenvalue weighted by molar-refractivity contribution is 7.15. The van der Waals surface area contributed by atoms with Crippen molar-refractivity contribution in [3.63, 3.8) is 0 Å². The second-order valence-electron chi connectivity index (χ2n) is 4.92. The number of amides is 1. The number of ether oxygens (including phenoxy) is 2. The summed E-state index contributed by atoms with van der Waals surface area (Å²) in [6.45, 7) is 0.201. The molecule has 23 heavy (non-hydrogen) atoms. The summed E-state index contributed by atoms with van der Waals surface area (Å²) in [6, 6.07) is 5.40. The summed E-state index contributed by atoms with van der Waals surface area (Å²) >= 11 is 0.662. The summed E-state index contributed by atoms with van der Waals surface area (Å²) < 4.78 is 35.6. The Labute approximate surface area is 134 Å².